The van der Waals surface area contributed by atoms with Gasteiger partial charge in [0.15, 0.2) is 0 Å². The van der Waals surface area contributed by atoms with E-state index in [1.807, 2.05) is 13.8 Å². The van der Waals surface area contributed by atoms with Crippen LogP contribution in [0.4, 0.5) is 0 Å². The predicted molar refractivity (Wildman–Crippen MR) is 81.2 cm³/mol. The number of nitrogens with two attached hydrogens (primary N) is 1. The van der Waals surface area contributed by atoms with Crippen LogP contribution in [-0.4, -0.2) is 61.9 Å². The summed E-state index contributed by atoms with van der Waals surface area (Å²) in [6.45, 7) is 11.0. The molecule has 20 heavy (non-hydrogen) atoms. The molecule has 1 heterocycles. The quantitative estimate of drug-likeness (QED) is 0.192. The van der Waals surface area contributed by atoms with E-state index in [1.165, 1.54) is 6.42 Å². The summed E-state index contributed by atoms with van der Waals surface area (Å²) < 4.78 is 5.32. The van der Waals surface area contributed by atoms with Crippen LogP contribution >= 0.6 is 0 Å². The number of hydrogen-bond donors (Lipinski definition) is 3. The van der Waals surface area contributed by atoms with Gasteiger partial charge in [-0.1, -0.05) is 19.0 Å². The molecule has 118 valence electrons. The van der Waals surface area contributed by atoms with Crippen LogP contribution in [0.3, 0.4) is 0 Å². The third kappa shape index (κ3) is 6.54. The van der Waals surface area contributed by atoms with Gasteiger partial charge in [-0.15, -0.1) is 0 Å². The summed E-state index contributed by atoms with van der Waals surface area (Å²) in [5.41, 5.74) is 5.43. The van der Waals surface area contributed by atoms with Crippen molar-refractivity contribution in [2.24, 2.45) is 16.3 Å². The molecule has 1 aliphatic heterocycles. The summed E-state index contributed by atoms with van der Waals surface area (Å²) in [7, 11) is 0. The zero-order chi connectivity index (χ0) is 14.8. The standard InChI is InChI=1S/C14H30N4O2/c1-14(2,13(15)17-19)5-3-6-16-7-4-8-18-9-11-20-12-10-18/h16,19H,3-12H2,1-2H3,(H2,15,17). The van der Waals surface area contributed by atoms with Gasteiger partial charge in [0, 0.05) is 18.5 Å². The average Bonchev–Trinajstić information content (AvgIpc) is 2.46. The molecule has 6 heteroatoms. The Kier molecular flexibility index (Phi) is 7.87. The minimum Gasteiger partial charge on any atom is -0.409 e. The lowest BCUT2D eigenvalue weighted by molar-refractivity contribution is 0.0374. The highest BCUT2D eigenvalue weighted by Crippen LogP contribution is 2.21. The molecule has 0 amide bonds. The zero-order valence-corrected chi connectivity index (χ0v) is 12.9. The number of morpholine rings is 1. The van der Waals surface area contributed by atoms with E-state index in [4.69, 9.17) is 15.7 Å². The van der Waals surface area contributed by atoms with Crippen LogP contribution in [0.15, 0.2) is 5.16 Å². The van der Waals surface area contributed by atoms with E-state index in [9.17, 15) is 0 Å². The summed E-state index contributed by atoms with van der Waals surface area (Å²) in [5, 5.41) is 15.3. The Labute approximate surface area is 122 Å². The average molecular weight is 286 g/mol. The Morgan fingerprint density at radius 1 is 1.30 bits per heavy atom. The van der Waals surface area contributed by atoms with Gasteiger partial charge >= 0.3 is 0 Å². The van der Waals surface area contributed by atoms with Crippen LogP contribution in [0.1, 0.15) is 33.1 Å². The fourth-order valence-electron chi connectivity index (χ4n) is 2.30. The lowest BCUT2D eigenvalue weighted by Gasteiger charge is -2.26. The minimum atomic E-state index is -0.232. The summed E-state index contributed by atoms with van der Waals surface area (Å²) in [4.78, 5) is 2.45. The van der Waals surface area contributed by atoms with Crippen LogP contribution in [0.25, 0.3) is 0 Å². The molecule has 0 aliphatic carbocycles. The third-order valence-corrected chi connectivity index (χ3v) is 3.89. The van der Waals surface area contributed by atoms with Gasteiger partial charge in [-0.2, -0.15) is 0 Å². The number of hydrogen-bond acceptors (Lipinski definition) is 5. The molecule has 0 atom stereocenters. The highest BCUT2D eigenvalue weighted by atomic mass is 16.5. The second-order valence-corrected chi connectivity index (χ2v) is 6.03. The Balaban J connectivity index is 1.97. The van der Waals surface area contributed by atoms with E-state index in [0.29, 0.717) is 5.84 Å². The molecule has 0 saturated carbocycles. The fraction of sp³-hybridized carbons (Fsp3) is 0.929. The van der Waals surface area contributed by atoms with Crippen molar-refractivity contribution in [1.29, 1.82) is 0 Å². The van der Waals surface area contributed by atoms with E-state index in [-0.39, 0.29) is 5.41 Å². The first-order valence-electron chi connectivity index (χ1n) is 7.55. The first-order chi connectivity index (χ1) is 9.56. The second-order valence-electron chi connectivity index (χ2n) is 6.03. The molecule has 0 aromatic heterocycles. The maximum atomic E-state index is 8.70. The van der Waals surface area contributed by atoms with E-state index in [2.05, 4.69) is 15.4 Å². The van der Waals surface area contributed by atoms with Crippen LogP contribution in [-0.2, 0) is 4.74 Å². The van der Waals surface area contributed by atoms with Crippen molar-refractivity contribution in [3.63, 3.8) is 0 Å². The maximum absolute atomic E-state index is 8.70. The van der Waals surface area contributed by atoms with Crippen LogP contribution in [0.5, 0.6) is 0 Å². The van der Waals surface area contributed by atoms with E-state index < -0.39 is 0 Å². The molecule has 0 unspecified atom stereocenters. The van der Waals surface area contributed by atoms with Gasteiger partial charge in [0.25, 0.3) is 0 Å². The normalized spacial score (nSPS) is 18.4. The summed E-state index contributed by atoms with van der Waals surface area (Å²) in [6.07, 6.45) is 3.11. The predicted octanol–water partition coefficient (Wildman–Crippen LogP) is 0.851. The van der Waals surface area contributed by atoms with Gasteiger partial charge in [0.2, 0.25) is 0 Å². The number of nitrogens with one attached hydrogen (secondary N) is 1. The SMILES string of the molecule is CC(C)(CCCNCCCN1CCOCC1)C(N)=NO. The number of ether oxygens (including phenoxy) is 1. The molecule has 0 bridgehead atoms. The summed E-state index contributed by atoms with van der Waals surface area (Å²) >= 11 is 0. The Hall–Kier alpha value is -0.850. The molecule has 1 aliphatic rings. The number of amidine groups is 1. The molecule has 0 aromatic rings. The first kappa shape index (κ1) is 17.2. The Bertz CT molecular complexity index is 289. The first-order valence-corrected chi connectivity index (χ1v) is 7.55. The number of rotatable bonds is 9. The van der Waals surface area contributed by atoms with Gasteiger partial charge in [-0.3, -0.25) is 4.90 Å². The smallest absolute Gasteiger partial charge is 0.144 e. The van der Waals surface area contributed by atoms with Crippen LogP contribution < -0.4 is 11.1 Å². The Morgan fingerprint density at radius 2 is 1.95 bits per heavy atom. The lowest BCUT2D eigenvalue weighted by atomic mass is 9.86. The molecule has 0 aromatic carbocycles. The van der Waals surface area contributed by atoms with Crippen molar-refractivity contribution in [1.82, 2.24) is 10.2 Å². The minimum absolute atomic E-state index is 0.232. The summed E-state index contributed by atoms with van der Waals surface area (Å²) in [6, 6.07) is 0. The van der Waals surface area contributed by atoms with Crippen LogP contribution in [0.2, 0.25) is 0 Å². The maximum Gasteiger partial charge on any atom is 0.144 e. The molecule has 1 fully saturated rings. The second kappa shape index (κ2) is 9.15. The van der Waals surface area contributed by atoms with Crippen molar-refractivity contribution < 1.29 is 9.94 Å². The lowest BCUT2D eigenvalue weighted by Crippen LogP contribution is -2.37. The van der Waals surface area contributed by atoms with Crippen molar-refractivity contribution in [2.75, 3.05) is 45.9 Å². The molecule has 1 saturated heterocycles. The number of oxime groups is 1. The zero-order valence-electron chi connectivity index (χ0n) is 12.9. The molecule has 0 spiro atoms. The van der Waals surface area contributed by atoms with Crippen molar-refractivity contribution in [2.45, 2.75) is 33.1 Å². The van der Waals surface area contributed by atoms with Gasteiger partial charge in [0.05, 0.1) is 13.2 Å². The Morgan fingerprint density at radius 3 is 2.60 bits per heavy atom. The van der Waals surface area contributed by atoms with E-state index in [0.717, 1.165) is 58.8 Å². The molecular weight excluding hydrogens is 256 g/mol. The fourth-order valence-corrected chi connectivity index (χ4v) is 2.30. The molecule has 1 rings (SSSR count). The van der Waals surface area contributed by atoms with Crippen molar-refractivity contribution in [3.05, 3.63) is 0 Å². The topological polar surface area (TPSA) is 83.1 Å². The highest BCUT2D eigenvalue weighted by Gasteiger charge is 2.22. The molecular formula is C14H30N4O2. The van der Waals surface area contributed by atoms with Crippen molar-refractivity contribution in [3.8, 4) is 0 Å². The largest absolute Gasteiger partial charge is 0.409 e. The third-order valence-electron chi connectivity index (χ3n) is 3.89. The molecule has 4 N–H and O–H groups in total. The van der Waals surface area contributed by atoms with E-state index in [1.54, 1.807) is 0 Å². The summed E-state index contributed by atoms with van der Waals surface area (Å²) in [5.74, 6) is 0.310. The molecule has 6 nitrogen and oxygen atoms in total. The van der Waals surface area contributed by atoms with Gasteiger partial charge in [-0.25, -0.2) is 0 Å². The number of nitrogens with zero attached hydrogens (tertiary/aromatic N) is 2. The highest BCUT2D eigenvalue weighted by molar-refractivity contribution is 5.85. The van der Waals surface area contributed by atoms with Crippen molar-refractivity contribution >= 4 is 5.84 Å². The van der Waals surface area contributed by atoms with Crippen LogP contribution in [0, 0.1) is 5.41 Å². The van der Waals surface area contributed by atoms with Gasteiger partial charge in [0.1, 0.15) is 5.84 Å². The van der Waals surface area contributed by atoms with E-state index >= 15 is 0 Å². The van der Waals surface area contributed by atoms with Gasteiger partial charge in [-0.05, 0) is 38.9 Å². The monoisotopic (exact) mass is 286 g/mol. The van der Waals surface area contributed by atoms with Gasteiger partial charge < -0.3 is 21.0 Å². The molecule has 0 radical (unpaired) electrons.